The van der Waals surface area contributed by atoms with Gasteiger partial charge in [-0.15, -0.1) is 0 Å². The number of amides is 2. The van der Waals surface area contributed by atoms with Gasteiger partial charge in [-0.1, -0.05) is 12.1 Å². The molecule has 0 aliphatic heterocycles. The van der Waals surface area contributed by atoms with Crippen molar-refractivity contribution in [3.05, 3.63) is 89.5 Å². The number of esters is 1. The van der Waals surface area contributed by atoms with Crippen molar-refractivity contribution < 1.29 is 23.5 Å². The molecule has 3 rings (SSSR count). The minimum Gasteiger partial charge on any atom is -0.465 e. The number of carbonyl (C=O) groups is 3. The lowest BCUT2D eigenvalue weighted by atomic mass is 10.1. The van der Waals surface area contributed by atoms with Crippen molar-refractivity contribution in [2.45, 2.75) is 13.1 Å². The molecule has 2 amide bonds. The Morgan fingerprint density at radius 1 is 1.16 bits per heavy atom. The predicted molar refractivity (Wildman–Crippen MR) is 116 cm³/mol. The monoisotopic (exact) mass is 436 g/mol. The van der Waals surface area contributed by atoms with Crippen LogP contribution < -0.4 is 10.6 Å². The molecule has 8 nitrogen and oxygen atoms in total. The summed E-state index contributed by atoms with van der Waals surface area (Å²) in [6, 6.07) is 12.2. The Hall–Kier alpha value is -4.27. The Kier molecular flexibility index (Phi) is 7.47. The summed E-state index contributed by atoms with van der Waals surface area (Å²) in [5, 5.41) is 9.37. The molecule has 0 aliphatic rings. The van der Waals surface area contributed by atoms with Gasteiger partial charge in [0.05, 0.1) is 12.7 Å². The van der Waals surface area contributed by atoms with Crippen LogP contribution in [0, 0.1) is 5.82 Å². The number of carbonyl (C=O) groups excluding carboxylic acids is 3. The molecule has 32 heavy (non-hydrogen) atoms. The van der Waals surface area contributed by atoms with Gasteiger partial charge >= 0.3 is 5.97 Å². The molecule has 0 radical (unpaired) electrons. The normalized spacial score (nSPS) is 10.7. The number of hydrogen-bond donors (Lipinski definition) is 2. The SMILES string of the molecule is COC(=O)c1cc(CNC(=O)C=Cc2cccc(F)c2)cc(NC(=O)Cn2cccn2)c1. The van der Waals surface area contributed by atoms with E-state index in [0.717, 1.165) is 0 Å². The fourth-order valence-electron chi connectivity index (χ4n) is 2.87. The van der Waals surface area contributed by atoms with E-state index in [2.05, 4.69) is 15.7 Å². The summed E-state index contributed by atoms with van der Waals surface area (Å²) in [6.45, 7) is 0.103. The number of rotatable bonds is 8. The maximum Gasteiger partial charge on any atom is 0.337 e. The third-order valence-corrected chi connectivity index (χ3v) is 4.31. The highest BCUT2D eigenvalue weighted by atomic mass is 19.1. The Morgan fingerprint density at radius 3 is 2.72 bits per heavy atom. The lowest BCUT2D eigenvalue weighted by Crippen LogP contribution is -2.22. The molecule has 1 heterocycles. The molecule has 0 fully saturated rings. The van der Waals surface area contributed by atoms with Gasteiger partial charge in [0.1, 0.15) is 12.4 Å². The van der Waals surface area contributed by atoms with Gasteiger partial charge in [-0.05, 0) is 53.6 Å². The second-order valence-corrected chi connectivity index (χ2v) is 6.77. The van der Waals surface area contributed by atoms with E-state index in [-0.39, 0.29) is 24.6 Å². The van der Waals surface area contributed by atoms with Crippen LogP contribution in [0.1, 0.15) is 21.5 Å². The van der Waals surface area contributed by atoms with Crippen LogP contribution in [-0.2, 0) is 27.4 Å². The van der Waals surface area contributed by atoms with Gasteiger partial charge in [-0.2, -0.15) is 5.10 Å². The molecule has 3 aromatic rings. The maximum atomic E-state index is 13.2. The standard InChI is InChI=1S/C23H21FN4O4/c1-32-23(31)18-10-17(12-20(13-18)27-22(30)15-28-9-3-8-26-28)14-25-21(29)7-6-16-4-2-5-19(24)11-16/h2-13H,14-15H2,1H3,(H,25,29)(H,27,30). The molecule has 0 saturated carbocycles. The molecule has 2 aromatic carbocycles. The van der Waals surface area contributed by atoms with E-state index in [1.54, 1.807) is 42.7 Å². The number of nitrogens with zero attached hydrogens (tertiary/aromatic N) is 2. The average Bonchev–Trinajstić information content (AvgIpc) is 3.28. The first-order chi connectivity index (χ1) is 15.4. The summed E-state index contributed by atoms with van der Waals surface area (Å²) in [6.07, 6.45) is 5.99. The van der Waals surface area contributed by atoms with E-state index in [1.807, 2.05) is 0 Å². The van der Waals surface area contributed by atoms with Gasteiger partial charge in [0.2, 0.25) is 11.8 Å². The molecule has 2 N–H and O–H groups in total. The van der Waals surface area contributed by atoms with Gasteiger partial charge in [0, 0.05) is 30.7 Å². The fourth-order valence-corrected chi connectivity index (χ4v) is 2.87. The quantitative estimate of drug-likeness (QED) is 0.418. The number of anilines is 1. The van der Waals surface area contributed by atoms with Gasteiger partial charge in [0.15, 0.2) is 0 Å². The molecule has 0 aliphatic carbocycles. The fraction of sp³-hybridized carbons (Fsp3) is 0.130. The highest BCUT2D eigenvalue weighted by Crippen LogP contribution is 2.16. The van der Waals surface area contributed by atoms with Gasteiger partial charge in [0.25, 0.3) is 0 Å². The Labute approximate surface area is 183 Å². The third-order valence-electron chi connectivity index (χ3n) is 4.31. The summed E-state index contributed by atoms with van der Waals surface area (Å²) in [5.41, 5.74) is 1.73. The summed E-state index contributed by atoms with van der Waals surface area (Å²) >= 11 is 0. The maximum absolute atomic E-state index is 13.2. The zero-order valence-corrected chi connectivity index (χ0v) is 17.2. The summed E-state index contributed by atoms with van der Waals surface area (Å²) in [4.78, 5) is 36.4. The summed E-state index contributed by atoms with van der Waals surface area (Å²) in [5.74, 6) is -1.70. The van der Waals surface area contributed by atoms with Crippen molar-refractivity contribution >= 4 is 29.5 Å². The van der Waals surface area contributed by atoms with Gasteiger partial charge < -0.3 is 15.4 Å². The lowest BCUT2D eigenvalue weighted by Gasteiger charge is -2.11. The number of benzene rings is 2. The Morgan fingerprint density at radius 2 is 2.00 bits per heavy atom. The number of nitrogens with one attached hydrogen (secondary N) is 2. The van der Waals surface area contributed by atoms with Crippen molar-refractivity contribution in [2.24, 2.45) is 0 Å². The predicted octanol–water partition coefficient (Wildman–Crippen LogP) is 2.78. The molecule has 0 unspecified atom stereocenters. The highest BCUT2D eigenvalue weighted by molar-refractivity contribution is 5.95. The van der Waals surface area contributed by atoms with Crippen molar-refractivity contribution in [1.29, 1.82) is 0 Å². The van der Waals surface area contributed by atoms with Crippen LogP contribution in [0.15, 0.2) is 67.0 Å². The van der Waals surface area contributed by atoms with Crippen LogP contribution in [0.25, 0.3) is 6.08 Å². The summed E-state index contributed by atoms with van der Waals surface area (Å²) < 4.78 is 19.4. The zero-order valence-electron chi connectivity index (χ0n) is 17.2. The van der Waals surface area contributed by atoms with Crippen molar-refractivity contribution in [3.8, 4) is 0 Å². The van der Waals surface area contributed by atoms with E-state index in [9.17, 15) is 18.8 Å². The van der Waals surface area contributed by atoms with Crippen LogP contribution in [0.3, 0.4) is 0 Å². The van der Waals surface area contributed by atoms with Crippen LogP contribution in [0.5, 0.6) is 0 Å². The molecule has 0 saturated heterocycles. The molecule has 0 spiro atoms. The molecular weight excluding hydrogens is 415 g/mol. The van der Waals surface area contributed by atoms with E-state index < -0.39 is 17.7 Å². The van der Waals surface area contributed by atoms with Gasteiger partial charge in [-0.25, -0.2) is 9.18 Å². The molecular formula is C23H21FN4O4. The number of ether oxygens (including phenoxy) is 1. The second-order valence-electron chi connectivity index (χ2n) is 6.77. The molecule has 9 heteroatoms. The number of halogens is 1. The van der Waals surface area contributed by atoms with Crippen LogP contribution in [0.4, 0.5) is 10.1 Å². The average molecular weight is 436 g/mol. The van der Waals surface area contributed by atoms with Crippen LogP contribution in [-0.4, -0.2) is 34.7 Å². The molecule has 0 bridgehead atoms. The number of hydrogen-bond acceptors (Lipinski definition) is 5. The van der Waals surface area contributed by atoms with E-state index in [0.29, 0.717) is 16.8 Å². The lowest BCUT2D eigenvalue weighted by molar-refractivity contribution is -0.117. The molecule has 1 aromatic heterocycles. The minimum absolute atomic E-state index is 0.00635. The van der Waals surface area contributed by atoms with E-state index >= 15 is 0 Å². The van der Waals surface area contributed by atoms with Crippen molar-refractivity contribution in [2.75, 3.05) is 12.4 Å². The van der Waals surface area contributed by atoms with Crippen LogP contribution >= 0.6 is 0 Å². The third kappa shape index (κ3) is 6.63. The molecule has 164 valence electrons. The first kappa shape index (κ1) is 22.4. The highest BCUT2D eigenvalue weighted by Gasteiger charge is 2.12. The number of methoxy groups -OCH3 is 1. The summed E-state index contributed by atoms with van der Waals surface area (Å²) in [7, 11) is 1.25. The smallest absolute Gasteiger partial charge is 0.337 e. The minimum atomic E-state index is -0.577. The second kappa shape index (κ2) is 10.7. The van der Waals surface area contributed by atoms with Crippen LogP contribution in [0.2, 0.25) is 0 Å². The van der Waals surface area contributed by atoms with E-state index in [4.69, 9.17) is 4.74 Å². The topological polar surface area (TPSA) is 102 Å². The first-order valence-corrected chi connectivity index (χ1v) is 9.64. The first-order valence-electron chi connectivity index (χ1n) is 9.64. The van der Waals surface area contributed by atoms with Crippen molar-refractivity contribution in [1.82, 2.24) is 15.1 Å². The number of aromatic nitrogens is 2. The van der Waals surface area contributed by atoms with Gasteiger partial charge in [-0.3, -0.25) is 14.3 Å². The van der Waals surface area contributed by atoms with Crippen molar-refractivity contribution in [3.63, 3.8) is 0 Å². The Balaban J connectivity index is 1.67. The largest absolute Gasteiger partial charge is 0.465 e. The Bertz CT molecular complexity index is 1140. The zero-order chi connectivity index (χ0) is 22.9. The molecule has 0 atom stereocenters. The van der Waals surface area contributed by atoms with E-state index in [1.165, 1.54) is 42.1 Å².